The van der Waals surface area contributed by atoms with Crippen LogP contribution in [0.15, 0.2) is 24.3 Å². The summed E-state index contributed by atoms with van der Waals surface area (Å²) >= 11 is 0. The van der Waals surface area contributed by atoms with E-state index in [9.17, 15) is 0 Å². The van der Waals surface area contributed by atoms with E-state index in [-0.39, 0.29) is 18.3 Å². The molecule has 9 nitrogen and oxygen atoms in total. The number of anilines is 3. The van der Waals surface area contributed by atoms with E-state index in [1.165, 1.54) is 0 Å². The first-order valence-corrected chi connectivity index (χ1v) is 10.3. The number of nitrogens with two attached hydrogens (primary N) is 1. The Hall–Kier alpha value is -2.46. The zero-order valence-electron chi connectivity index (χ0n) is 18.4. The highest BCUT2D eigenvalue weighted by Gasteiger charge is 2.29. The molecule has 4 rings (SSSR count). The quantitative estimate of drug-likeness (QED) is 0.676. The molecule has 1 aromatic heterocycles. The summed E-state index contributed by atoms with van der Waals surface area (Å²) in [7, 11) is 7.92. The molecule has 0 amide bonds. The second-order valence-electron chi connectivity index (χ2n) is 8.37. The first-order valence-electron chi connectivity index (χ1n) is 10.3. The number of aromatic nitrogens is 2. The van der Waals surface area contributed by atoms with Gasteiger partial charge in [0.1, 0.15) is 12.0 Å². The number of likely N-dealkylation sites (N-methyl/N-ethyl adjacent to an activating group) is 1. The molecule has 0 saturated carbocycles. The fourth-order valence-electron chi connectivity index (χ4n) is 4.03. The van der Waals surface area contributed by atoms with Gasteiger partial charge < -0.3 is 31.0 Å². The van der Waals surface area contributed by atoms with Crippen LogP contribution in [-0.4, -0.2) is 79.9 Å². The van der Waals surface area contributed by atoms with Crippen molar-refractivity contribution >= 4 is 17.5 Å². The molecular weight excluding hydrogens is 380 g/mol. The van der Waals surface area contributed by atoms with Gasteiger partial charge in [-0.2, -0.15) is 4.98 Å². The van der Waals surface area contributed by atoms with Gasteiger partial charge in [0.2, 0.25) is 5.95 Å². The molecule has 162 valence electrons. The number of rotatable bonds is 5. The summed E-state index contributed by atoms with van der Waals surface area (Å²) in [5, 5.41) is 5.01. The molecule has 0 radical (unpaired) electrons. The summed E-state index contributed by atoms with van der Waals surface area (Å²) in [5.41, 5.74) is 13.5. The number of morpholine rings is 1. The molecule has 30 heavy (non-hydrogen) atoms. The van der Waals surface area contributed by atoms with E-state index in [0.29, 0.717) is 12.6 Å². The van der Waals surface area contributed by atoms with Crippen molar-refractivity contribution in [3.8, 4) is 11.3 Å². The maximum absolute atomic E-state index is 6.21. The Labute approximate surface area is 178 Å². The van der Waals surface area contributed by atoms with E-state index in [1.54, 1.807) is 0 Å². The van der Waals surface area contributed by atoms with Crippen LogP contribution in [0.25, 0.3) is 11.3 Å². The van der Waals surface area contributed by atoms with Crippen LogP contribution in [0.3, 0.4) is 0 Å². The number of hydrazine groups is 1. The largest absolute Gasteiger partial charge is 0.373 e. The molecule has 0 spiro atoms. The van der Waals surface area contributed by atoms with Crippen LogP contribution < -0.4 is 21.4 Å². The standard InChI is InChI=1S/C21H32N8O/c1-13-12-30-15(10-27(3)4)11-29(13)19-9-17(24-21(23-2)25-19)14-6-7-16-18(8-14)26-28(5)20(16)22/h6-9,13,15,20,26H,10-12,22H2,1-5H3,(H,23,24,25). The Kier molecular flexibility index (Phi) is 5.79. The molecule has 0 bridgehead atoms. The lowest BCUT2D eigenvalue weighted by molar-refractivity contribution is 0.00851. The Morgan fingerprint density at radius 1 is 1.30 bits per heavy atom. The van der Waals surface area contributed by atoms with Crippen molar-refractivity contribution in [2.24, 2.45) is 5.73 Å². The van der Waals surface area contributed by atoms with Crippen LogP contribution in [0.5, 0.6) is 0 Å². The van der Waals surface area contributed by atoms with Gasteiger partial charge >= 0.3 is 0 Å². The number of nitrogens with zero attached hydrogens (tertiary/aromatic N) is 5. The van der Waals surface area contributed by atoms with E-state index in [0.717, 1.165) is 41.4 Å². The van der Waals surface area contributed by atoms with Gasteiger partial charge in [-0.15, -0.1) is 0 Å². The van der Waals surface area contributed by atoms with Crippen molar-refractivity contribution in [1.29, 1.82) is 0 Å². The summed E-state index contributed by atoms with van der Waals surface area (Å²) in [5.74, 6) is 1.51. The van der Waals surface area contributed by atoms with E-state index in [2.05, 4.69) is 65.8 Å². The molecule has 0 aliphatic carbocycles. The predicted molar refractivity (Wildman–Crippen MR) is 120 cm³/mol. The van der Waals surface area contributed by atoms with Gasteiger partial charge in [-0.3, -0.25) is 0 Å². The number of nitrogens with one attached hydrogen (secondary N) is 2. The summed E-state index contributed by atoms with van der Waals surface area (Å²) in [4.78, 5) is 13.9. The molecule has 2 aliphatic rings. The van der Waals surface area contributed by atoms with E-state index >= 15 is 0 Å². The second-order valence-corrected chi connectivity index (χ2v) is 8.37. The van der Waals surface area contributed by atoms with Crippen LogP contribution in [0.2, 0.25) is 0 Å². The lowest BCUT2D eigenvalue weighted by atomic mass is 10.1. The van der Waals surface area contributed by atoms with E-state index in [4.69, 9.17) is 20.4 Å². The smallest absolute Gasteiger partial charge is 0.224 e. The number of hydrogen-bond acceptors (Lipinski definition) is 9. The van der Waals surface area contributed by atoms with Crippen molar-refractivity contribution in [3.05, 3.63) is 29.8 Å². The number of benzene rings is 1. The second kappa shape index (κ2) is 8.35. The average molecular weight is 413 g/mol. The molecule has 3 heterocycles. The van der Waals surface area contributed by atoms with Gasteiger partial charge in [0.25, 0.3) is 0 Å². The van der Waals surface area contributed by atoms with Crippen molar-refractivity contribution in [2.45, 2.75) is 25.2 Å². The molecule has 1 saturated heterocycles. The average Bonchev–Trinajstić information content (AvgIpc) is 3.01. The Bertz CT molecular complexity index is 905. The molecule has 3 atom stereocenters. The third-order valence-electron chi connectivity index (χ3n) is 5.69. The highest BCUT2D eigenvalue weighted by molar-refractivity contribution is 5.71. The van der Waals surface area contributed by atoms with Crippen LogP contribution in [0.4, 0.5) is 17.5 Å². The van der Waals surface area contributed by atoms with Crippen molar-refractivity contribution in [3.63, 3.8) is 0 Å². The van der Waals surface area contributed by atoms with Gasteiger partial charge in [-0.05, 0) is 27.1 Å². The maximum Gasteiger partial charge on any atom is 0.224 e. The highest BCUT2D eigenvalue weighted by atomic mass is 16.5. The normalized spacial score (nSPS) is 24.1. The lowest BCUT2D eigenvalue weighted by Crippen LogP contribution is -2.51. The lowest BCUT2D eigenvalue weighted by Gasteiger charge is -2.39. The first kappa shape index (κ1) is 20.8. The maximum atomic E-state index is 6.21. The number of hydrogen-bond donors (Lipinski definition) is 3. The fourth-order valence-corrected chi connectivity index (χ4v) is 4.03. The van der Waals surface area contributed by atoms with Gasteiger partial charge in [0.05, 0.1) is 30.1 Å². The zero-order chi connectivity index (χ0) is 21.4. The topological polar surface area (TPSA) is 94.8 Å². The minimum atomic E-state index is -0.147. The van der Waals surface area contributed by atoms with Crippen LogP contribution in [0.1, 0.15) is 18.7 Å². The van der Waals surface area contributed by atoms with Gasteiger partial charge in [-0.25, -0.2) is 9.99 Å². The van der Waals surface area contributed by atoms with Crippen LogP contribution in [0, 0.1) is 0 Å². The molecular formula is C21H32N8O. The third kappa shape index (κ3) is 4.06. The van der Waals surface area contributed by atoms with Crippen LogP contribution in [-0.2, 0) is 4.74 Å². The minimum Gasteiger partial charge on any atom is -0.373 e. The third-order valence-corrected chi connectivity index (χ3v) is 5.69. The van der Waals surface area contributed by atoms with E-state index in [1.807, 2.05) is 19.1 Å². The summed E-state index contributed by atoms with van der Waals surface area (Å²) in [6, 6.07) is 8.54. The predicted octanol–water partition coefficient (Wildman–Crippen LogP) is 1.57. The van der Waals surface area contributed by atoms with Crippen LogP contribution >= 0.6 is 0 Å². The molecule has 9 heteroatoms. The molecule has 4 N–H and O–H groups in total. The minimum absolute atomic E-state index is 0.147. The number of fused-ring (bicyclic) bond motifs is 1. The van der Waals surface area contributed by atoms with Crippen molar-refractivity contribution in [2.75, 3.05) is 63.5 Å². The molecule has 2 aliphatic heterocycles. The summed E-state index contributed by atoms with van der Waals surface area (Å²) < 4.78 is 6.03. The van der Waals surface area contributed by atoms with Gasteiger partial charge in [-0.1, -0.05) is 12.1 Å². The van der Waals surface area contributed by atoms with Crippen molar-refractivity contribution in [1.82, 2.24) is 19.9 Å². The van der Waals surface area contributed by atoms with E-state index < -0.39 is 0 Å². The first-order chi connectivity index (χ1) is 14.4. The Morgan fingerprint density at radius 3 is 2.83 bits per heavy atom. The van der Waals surface area contributed by atoms with Crippen molar-refractivity contribution < 1.29 is 4.74 Å². The molecule has 1 fully saturated rings. The highest BCUT2D eigenvalue weighted by Crippen LogP contribution is 2.35. The van der Waals surface area contributed by atoms with Gasteiger partial charge in [0, 0.05) is 44.4 Å². The van der Waals surface area contributed by atoms with Gasteiger partial charge in [0.15, 0.2) is 0 Å². The molecule has 3 unspecified atom stereocenters. The monoisotopic (exact) mass is 412 g/mol. The molecule has 1 aromatic carbocycles. The molecule has 2 aromatic rings. The summed E-state index contributed by atoms with van der Waals surface area (Å²) in [6.45, 7) is 4.53. The Morgan fingerprint density at radius 2 is 2.10 bits per heavy atom. The zero-order valence-corrected chi connectivity index (χ0v) is 18.4. The SMILES string of the molecule is CNc1nc(-c2ccc3c(c2)NN(C)C3N)cc(N2CC(CN(C)C)OCC2C)n1. The fraction of sp³-hybridized carbons (Fsp3) is 0.524. The summed E-state index contributed by atoms with van der Waals surface area (Å²) in [6.07, 6.45) is -0.000389. The number of ether oxygens (including phenoxy) is 1. The Balaban J connectivity index is 1.67.